The molecule has 0 atom stereocenters. The minimum Gasteiger partial charge on any atom is -0.454 e. The van der Waals surface area contributed by atoms with Crippen molar-refractivity contribution in [3.8, 4) is 0 Å². The zero-order valence-electron chi connectivity index (χ0n) is 12.6. The predicted molar refractivity (Wildman–Crippen MR) is 83.9 cm³/mol. The van der Waals surface area contributed by atoms with E-state index in [1.54, 1.807) is 12.1 Å². The Balaban J connectivity index is 1.76. The van der Waals surface area contributed by atoms with Crippen LogP contribution in [0.15, 0.2) is 18.3 Å². The number of halogens is 1. The van der Waals surface area contributed by atoms with Crippen molar-refractivity contribution < 1.29 is 19.1 Å². The van der Waals surface area contributed by atoms with Crippen molar-refractivity contribution in [3.63, 3.8) is 0 Å². The molecule has 0 aliphatic carbocycles. The summed E-state index contributed by atoms with van der Waals surface area (Å²) in [5.74, 6) is -1.17. The van der Waals surface area contributed by atoms with Gasteiger partial charge in [-0.15, -0.1) is 0 Å². The highest BCUT2D eigenvalue weighted by molar-refractivity contribution is 6.32. The van der Waals surface area contributed by atoms with Crippen LogP contribution in [0.1, 0.15) is 25.7 Å². The molecule has 1 aliphatic rings. The Kier molecular flexibility index (Phi) is 6.34. The maximum absolute atomic E-state index is 11.8. The second kappa shape index (κ2) is 8.47. The smallest absolute Gasteiger partial charge is 0.326 e. The van der Waals surface area contributed by atoms with E-state index in [9.17, 15) is 14.4 Å². The Bertz CT molecular complexity index is 594. The third-order valence-corrected chi connectivity index (χ3v) is 3.69. The summed E-state index contributed by atoms with van der Waals surface area (Å²) in [5.41, 5.74) is 0.345. The number of carbonyl (C=O) groups excluding carboxylic acids is 3. The summed E-state index contributed by atoms with van der Waals surface area (Å²) in [6.45, 7) is -0.0166. The maximum Gasteiger partial charge on any atom is 0.326 e. The van der Waals surface area contributed by atoms with E-state index in [4.69, 9.17) is 16.3 Å². The summed E-state index contributed by atoms with van der Waals surface area (Å²) >= 11 is 5.81. The molecule has 124 valence electrons. The summed E-state index contributed by atoms with van der Waals surface area (Å²) in [6.07, 6.45) is 4.65. The number of ether oxygens (including phenoxy) is 1. The van der Waals surface area contributed by atoms with Gasteiger partial charge in [-0.1, -0.05) is 18.0 Å². The number of anilines is 1. The fourth-order valence-electron chi connectivity index (χ4n) is 2.22. The zero-order valence-corrected chi connectivity index (χ0v) is 13.3. The van der Waals surface area contributed by atoms with Gasteiger partial charge in [0, 0.05) is 19.2 Å². The van der Waals surface area contributed by atoms with Gasteiger partial charge >= 0.3 is 5.97 Å². The number of amides is 2. The molecule has 1 aromatic rings. The molecule has 0 unspecified atom stereocenters. The van der Waals surface area contributed by atoms with E-state index in [0.717, 1.165) is 19.3 Å². The van der Waals surface area contributed by atoms with Crippen LogP contribution in [-0.2, 0) is 19.1 Å². The van der Waals surface area contributed by atoms with E-state index in [1.165, 1.54) is 11.1 Å². The van der Waals surface area contributed by atoms with Crippen molar-refractivity contribution in [2.75, 3.05) is 25.0 Å². The lowest BCUT2D eigenvalue weighted by atomic mass is 10.2. The van der Waals surface area contributed by atoms with Gasteiger partial charge in [0.2, 0.25) is 5.91 Å². The molecule has 0 radical (unpaired) electrons. The van der Waals surface area contributed by atoms with Crippen molar-refractivity contribution in [3.05, 3.63) is 23.5 Å². The van der Waals surface area contributed by atoms with Crippen molar-refractivity contribution in [2.45, 2.75) is 25.7 Å². The largest absolute Gasteiger partial charge is 0.454 e. The Morgan fingerprint density at radius 3 is 2.96 bits per heavy atom. The molecule has 0 saturated carbocycles. The number of hydrogen-bond donors (Lipinski definition) is 1. The lowest BCUT2D eigenvalue weighted by molar-refractivity contribution is -0.151. The van der Waals surface area contributed by atoms with Crippen LogP contribution in [0, 0.1) is 0 Å². The van der Waals surface area contributed by atoms with Crippen LogP contribution in [0.5, 0.6) is 0 Å². The van der Waals surface area contributed by atoms with Gasteiger partial charge in [0.25, 0.3) is 5.91 Å². The number of aromatic nitrogens is 1. The molecule has 1 saturated heterocycles. The Hall–Kier alpha value is -2.15. The molecule has 0 spiro atoms. The SMILES string of the molecule is O=C(COC(=O)CN1CCCCCC1=O)Nc1cccnc1Cl. The molecule has 2 heterocycles. The number of pyridine rings is 1. The van der Waals surface area contributed by atoms with Gasteiger partial charge < -0.3 is 15.0 Å². The average Bonchev–Trinajstić information content (AvgIpc) is 2.73. The molecular formula is C15H18ClN3O4. The van der Waals surface area contributed by atoms with Gasteiger partial charge in [-0.2, -0.15) is 0 Å². The van der Waals surface area contributed by atoms with Crippen LogP contribution in [0.2, 0.25) is 5.15 Å². The van der Waals surface area contributed by atoms with E-state index in [-0.39, 0.29) is 17.6 Å². The van der Waals surface area contributed by atoms with Gasteiger partial charge in [0.15, 0.2) is 11.8 Å². The van der Waals surface area contributed by atoms with Gasteiger partial charge in [-0.05, 0) is 25.0 Å². The van der Waals surface area contributed by atoms with Crippen LogP contribution in [0.25, 0.3) is 0 Å². The summed E-state index contributed by atoms with van der Waals surface area (Å²) in [5, 5.41) is 2.65. The fraction of sp³-hybridized carbons (Fsp3) is 0.467. The van der Waals surface area contributed by atoms with Crippen molar-refractivity contribution in [2.24, 2.45) is 0 Å². The second-order valence-electron chi connectivity index (χ2n) is 5.18. The molecule has 23 heavy (non-hydrogen) atoms. The molecule has 2 amide bonds. The number of likely N-dealkylation sites (tertiary alicyclic amines) is 1. The first kappa shape index (κ1) is 17.2. The van der Waals surface area contributed by atoms with Gasteiger partial charge in [0.1, 0.15) is 6.54 Å². The number of carbonyl (C=O) groups is 3. The predicted octanol–water partition coefficient (Wildman–Crippen LogP) is 1.62. The van der Waals surface area contributed by atoms with Gasteiger partial charge in [-0.25, -0.2) is 4.98 Å². The van der Waals surface area contributed by atoms with E-state index >= 15 is 0 Å². The number of esters is 1. The van der Waals surface area contributed by atoms with E-state index < -0.39 is 18.5 Å². The third-order valence-electron chi connectivity index (χ3n) is 3.39. The monoisotopic (exact) mass is 339 g/mol. The first-order valence-corrected chi connectivity index (χ1v) is 7.78. The standard InChI is InChI=1S/C15H18ClN3O4/c16-15-11(5-4-7-17-15)18-12(20)10-23-14(22)9-19-8-3-1-2-6-13(19)21/h4-5,7H,1-3,6,8-10H2,(H,18,20). The highest BCUT2D eigenvalue weighted by atomic mass is 35.5. The number of nitrogens with one attached hydrogen (secondary N) is 1. The minimum absolute atomic E-state index is 0.0500. The summed E-state index contributed by atoms with van der Waals surface area (Å²) in [6, 6.07) is 3.21. The number of nitrogens with zero attached hydrogens (tertiary/aromatic N) is 2. The van der Waals surface area contributed by atoms with Crippen LogP contribution >= 0.6 is 11.6 Å². The first-order chi connectivity index (χ1) is 11.1. The fourth-order valence-corrected chi connectivity index (χ4v) is 2.39. The van der Waals surface area contributed by atoms with Crippen molar-refractivity contribution in [1.29, 1.82) is 0 Å². The van der Waals surface area contributed by atoms with Gasteiger partial charge in [-0.3, -0.25) is 14.4 Å². The molecule has 1 N–H and O–H groups in total. The van der Waals surface area contributed by atoms with E-state index in [1.807, 2.05) is 0 Å². The molecule has 8 heteroatoms. The first-order valence-electron chi connectivity index (χ1n) is 7.40. The topological polar surface area (TPSA) is 88.6 Å². The van der Waals surface area contributed by atoms with Crippen LogP contribution in [0.3, 0.4) is 0 Å². The summed E-state index contributed by atoms with van der Waals surface area (Å²) < 4.78 is 4.90. The van der Waals surface area contributed by atoms with E-state index in [2.05, 4.69) is 10.3 Å². The quantitative estimate of drug-likeness (QED) is 0.650. The normalized spacial score (nSPS) is 15.0. The van der Waals surface area contributed by atoms with Crippen molar-refractivity contribution >= 4 is 35.1 Å². The second-order valence-corrected chi connectivity index (χ2v) is 5.53. The molecule has 2 rings (SSSR count). The lowest BCUT2D eigenvalue weighted by Gasteiger charge is -2.19. The van der Waals surface area contributed by atoms with Crippen LogP contribution in [0.4, 0.5) is 5.69 Å². The zero-order chi connectivity index (χ0) is 16.7. The lowest BCUT2D eigenvalue weighted by Crippen LogP contribution is -2.36. The molecule has 1 aliphatic heterocycles. The Morgan fingerprint density at radius 2 is 2.17 bits per heavy atom. The maximum atomic E-state index is 11.8. The average molecular weight is 340 g/mol. The van der Waals surface area contributed by atoms with Crippen molar-refractivity contribution in [1.82, 2.24) is 9.88 Å². The van der Waals surface area contributed by atoms with Crippen LogP contribution < -0.4 is 5.32 Å². The Morgan fingerprint density at radius 1 is 1.35 bits per heavy atom. The molecule has 1 fully saturated rings. The summed E-state index contributed by atoms with van der Waals surface area (Å²) in [4.78, 5) is 40.6. The molecule has 1 aromatic heterocycles. The Labute approximate surface area is 139 Å². The highest BCUT2D eigenvalue weighted by Crippen LogP contribution is 2.17. The van der Waals surface area contributed by atoms with E-state index in [0.29, 0.717) is 18.7 Å². The highest BCUT2D eigenvalue weighted by Gasteiger charge is 2.20. The molecular weight excluding hydrogens is 322 g/mol. The minimum atomic E-state index is -0.604. The third kappa shape index (κ3) is 5.52. The van der Waals surface area contributed by atoms with Crippen LogP contribution in [-0.4, -0.2) is 47.4 Å². The molecule has 7 nitrogen and oxygen atoms in total. The molecule has 0 bridgehead atoms. The molecule has 0 aromatic carbocycles. The van der Waals surface area contributed by atoms with Gasteiger partial charge in [0.05, 0.1) is 5.69 Å². The summed E-state index contributed by atoms with van der Waals surface area (Å²) in [7, 11) is 0. The number of rotatable bonds is 5. The number of hydrogen-bond acceptors (Lipinski definition) is 5.